The molecule has 0 aliphatic rings. The number of nitrogens with two attached hydrogens (primary N) is 2. The maximum Gasteiger partial charge on any atom is 0.258 e. The molecule has 0 aliphatic heterocycles. The summed E-state index contributed by atoms with van der Waals surface area (Å²) in [7, 11) is 0. The van der Waals surface area contributed by atoms with Gasteiger partial charge in [0.15, 0.2) is 0 Å². The molecule has 1 aromatic carbocycles. The van der Waals surface area contributed by atoms with Crippen LogP contribution in [0.25, 0.3) is 0 Å². The molecule has 6 N–H and O–H groups in total. The molecule has 0 saturated carbocycles. The monoisotopic (exact) mass is 347 g/mol. The van der Waals surface area contributed by atoms with Crippen LogP contribution < -0.4 is 22.4 Å². The van der Waals surface area contributed by atoms with Crippen molar-refractivity contribution in [3.8, 4) is 0 Å². The fourth-order valence-corrected chi connectivity index (χ4v) is 2.55. The summed E-state index contributed by atoms with van der Waals surface area (Å²) in [5.41, 5.74) is 2.64. The van der Waals surface area contributed by atoms with Gasteiger partial charge in [-0.2, -0.15) is 0 Å². The predicted octanol–water partition coefficient (Wildman–Crippen LogP) is 1.32. The Labute approximate surface area is 134 Å². The number of benzene rings is 1. The first-order chi connectivity index (χ1) is 10.0. The largest absolute Gasteiger partial charge is 0.334 e. The number of nitrogens with one attached hydrogen (secondary N) is 2. The standard InChI is InChI=1S/C10H11Cl2N7OS/c11-5-2-1-3-6(12)8(5)15-7(20)4-21-10-18-17-9(16-13)19(10)14/h1-3H,4,13-14H2,(H,15,20)(H,16,17). The van der Waals surface area contributed by atoms with Gasteiger partial charge in [0.05, 0.1) is 21.5 Å². The average molecular weight is 348 g/mol. The Morgan fingerprint density at radius 2 is 2.00 bits per heavy atom. The van der Waals surface area contributed by atoms with E-state index < -0.39 is 0 Å². The molecule has 2 aromatic rings. The quantitative estimate of drug-likeness (QED) is 0.365. The second-order valence-corrected chi connectivity index (χ2v) is 5.51. The third-order valence-corrected chi connectivity index (χ3v) is 3.93. The van der Waals surface area contributed by atoms with E-state index in [1.165, 1.54) is 0 Å². The molecule has 0 atom stereocenters. The van der Waals surface area contributed by atoms with Gasteiger partial charge in [-0.25, -0.2) is 10.5 Å². The number of rotatable bonds is 5. The van der Waals surface area contributed by atoms with Crippen molar-refractivity contribution in [1.82, 2.24) is 14.9 Å². The summed E-state index contributed by atoms with van der Waals surface area (Å²) in [6.45, 7) is 0. The molecule has 1 heterocycles. The van der Waals surface area contributed by atoms with Crippen LogP contribution in [0.15, 0.2) is 23.4 Å². The lowest BCUT2D eigenvalue weighted by atomic mass is 10.3. The maximum atomic E-state index is 11.9. The fourth-order valence-electron chi connectivity index (χ4n) is 1.40. The number of thioether (sulfide) groups is 1. The summed E-state index contributed by atoms with van der Waals surface area (Å²) in [5.74, 6) is 10.8. The lowest BCUT2D eigenvalue weighted by Gasteiger charge is -2.08. The molecular weight excluding hydrogens is 337 g/mol. The molecule has 0 radical (unpaired) electrons. The van der Waals surface area contributed by atoms with Gasteiger partial charge in [-0.1, -0.05) is 41.0 Å². The van der Waals surface area contributed by atoms with Gasteiger partial charge in [0, 0.05) is 0 Å². The van der Waals surface area contributed by atoms with Crippen LogP contribution >= 0.6 is 35.0 Å². The van der Waals surface area contributed by atoms with Crippen LogP contribution in [0.2, 0.25) is 10.0 Å². The number of halogens is 2. The molecule has 0 bridgehead atoms. The van der Waals surface area contributed by atoms with Crippen LogP contribution in [0.3, 0.4) is 0 Å². The van der Waals surface area contributed by atoms with Gasteiger partial charge in [-0.3, -0.25) is 10.2 Å². The SMILES string of the molecule is NNc1nnc(SCC(=O)Nc2c(Cl)cccc2Cl)n1N. The van der Waals surface area contributed by atoms with Gasteiger partial charge >= 0.3 is 0 Å². The van der Waals surface area contributed by atoms with Crippen LogP contribution in [-0.4, -0.2) is 26.5 Å². The molecule has 0 unspecified atom stereocenters. The van der Waals surface area contributed by atoms with E-state index in [4.69, 9.17) is 34.9 Å². The predicted molar refractivity (Wildman–Crippen MR) is 83.8 cm³/mol. The van der Waals surface area contributed by atoms with Gasteiger partial charge in [0.2, 0.25) is 11.1 Å². The summed E-state index contributed by atoms with van der Waals surface area (Å²) in [4.78, 5) is 11.9. The maximum absolute atomic E-state index is 11.9. The zero-order valence-corrected chi connectivity index (χ0v) is 12.8. The minimum absolute atomic E-state index is 0.0570. The first-order valence-electron chi connectivity index (χ1n) is 5.56. The number of aromatic nitrogens is 3. The Bertz CT molecular complexity index is 643. The second kappa shape index (κ2) is 6.85. The van der Waals surface area contributed by atoms with E-state index in [9.17, 15) is 4.79 Å². The fraction of sp³-hybridized carbons (Fsp3) is 0.100. The summed E-state index contributed by atoms with van der Waals surface area (Å²) >= 11 is 13.0. The summed E-state index contributed by atoms with van der Waals surface area (Å²) in [5, 5.41) is 11.1. The zero-order valence-electron chi connectivity index (χ0n) is 10.5. The van der Waals surface area contributed by atoms with Gasteiger partial charge in [0.1, 0.15) is 0 Å². The number of anilines is 2. The van der Waals surface area contributed by atoms with Crippen molar-refractivity contribution in [1.29, 1.82) is 0 Å². The van der Waals surface area contributed by atoms with E-state index in [0.717, 1.165) is 16.4 Å². The zero-order chi connectivity index (χ0) is 15.4. The molecule has 0 spiro atoms. The Balaban J connectivity index is 1.98. The minimum atomic E-state index is -0.305. The number of carbonyl (C=O) groups excluding carboxylic acids is 1. The molecule has 1 amide bonds. The number of hydrogen-bond donors (Lipinski definition) is 4. The molecule has 8 nitrogen and oxygen atoms in total. The first kappa shape index (κ1) is 15.7. The molecule has 0 saturated heterocycles. The molecule has 21 heavy (non-hydrogen) atoms. The van der Waals surface area contributed by atoms with E-state index in [1.54, 1.807) is 18.2 Å². The second-order valence-electron chi connectivity index (χ2n) is 3.75. The van der Waals surface area contributed by atoms with Crippen LogP contribution in [0.4, 0.5) is 11.6 Å². The third kappa shape index (κ3) is 3.70. The Morgan fingerprint density at radius 1 is 1.33 bits per heavy atom. The van der Waals surface area contributed by atoms with E-state index in [0.29, 0.717) is 20.9 Å². The van der Waals surface area contributed by atoms with Crippen LogP contribution in [0.5, 0.6) is 0 Å². The van der Waals surface area contributed by atoms with Crippen molar-refractivity contribution in [3.05, 3.63) is 28.2 Å². The van der Waals surface area contributed by atoms with Gasteiger partial charge in [-0.05, 0) is 12.1 Å². The number of hydrazine groups is 1. The lowest BCUT2D eigenvalue weighted by molar-refractivity contribution is -0.113. The Hall–Kier alpha value is -1.68. The third-order valence-electron chi connectivity index (χ3n) is 2.35. The summed E-state index contributed by atoms with van der Waals surface area (Å²) in [6.07, 6.45) is 0. The summed E-state index contributed by atoms with van der Waals surface area (Å²) < 4.78 is 1.14. The van der Waals surface area contributed by atoms with E-state index in [2.05, 4.69) is 20.9 Å². The molecule has 2 rings (SSSR count). The smallest absolute Gasteiger partial charge is 0.258 e. The highest BCUT2D eigenvalue weighted by Crippen LogP contribution is 2.30. The van der Waals surface area contributed by atoms with Crippen molar-refractivity contribution >= 4 is 52.5 Å². The summed E-state index contributed by atoms with van der Waals surface area (Å²) in [6, 6.07) is 4.95. The van der Waals surface area contributed by atoms with Crippen LogP contribution in [0.1, 0.15) is 0 Å². The number of carbonyl (C=O) groups is 1. The van der Waals surface area contributed by atoms with Gasteiger partial charge < -0.3 is 11.2 Å². The number of nitrogen functional groups attached to an aromatic ring is 2. The van der Waals surface area contributed by atoms with Gasteiger partial charge in [0.25, 0.3) is 5.95 Å². The Morgan fingerprint density at radius 3 is 2.57 bits per heavy atom. The highest BCUT2D eigenvalue weighted by molar-refractivity contribution is 7.99. The highest BCUT2D eigenvalue weighted by Gasteiger charge is 2.13. The van der Waals surface area contributed by atoms with Crippen molar-refractivity contribution in [2.75, 3.05) is 22.3 Å². The molecule has 0 fully saturated rings. The number of amides is 1. The van der Waals surface area contributed by atoms with E-state index in [1.807, 2.05) is 0 Å². The molecule has 11 heteroatoms. The van der Waals surface area contributed by atoms with Crippen LogP contribution in [0, 0.1) is 0 Å². The molecule has 0 aliphatic carbocycles. The van der Waals surface area contributed by atoms with Crippen molar-refractivity contribution in [2.45, 2.75) is 5.16 Å². The van der Waals surface area contributed by atoms with Crippen molar-refractivity contribution in [2.24, 2.45) is 5.84 Å². The minimum Gasteiger partial charge on any atom is -0.334 e. The molecule has 1 aromatic heterocycles. The average Bonchev–Trinajstić information content (AvgIpc) is 2.81. The van der Waals surface area contributed by atoms with Crippen LogP contribution in [-0.2, 0) is 4.79 Å². The molecule has 112 valence electrons. The van der Waals surface area contributed by atoms with Crippen molar-refractivity contribution < 1.29 is 4.79 Å². The highest BCUT2D eigenvalue weighted by atomic mass is 35.5. The number of nitrogens with zero attached hydrogens (tertiary/aromatic N) is 3. The topological polar surface area (TPSA) is 124 Å². The van der Waals surface area contributed by atoms with Gasteiger partial charge in [-0.15, -0.1) is 10.2 Å². The first-order valence-corrected chi connectivity index (χ1v) is 7.31. The lowest BCUT2D eigenvalue weighted by Crippen LogP contribution is -2.19. The van der Waals surface area contributed by atoms with E-state index >= 15 is 0 Å². The number of hydrogen-bond acceptors (Lipinski definition) is 7. The normalized spacial score (nSPS) is 10.4. The van der Waals surface area contributed by atoms with E-state index in [-0.39, 0.29) is 17.6 Å². The Kier molecular flexibility index (Phi) is 5.12. The molecular formula is C10H11Cl2N7OS. The number of para-hydroxylation sites is 1. The van der Waals surface area contributed by atoms with Crippen molar-refractivity contribution in [3.63, 3.8) is 0 Å².